The molecule has 3 rings (SSSR count). The van der Waals surface area contributed by atoms with Crippen molar-refractivity contribution < 1.29 is 22.7 Å². The van der Waals surface area contributed by atoms with Crippen molar-refractivity contribution in [3.8, 4) is 0 Å². The Bertz CT molecular complexity index is 771. The van der Waals surface area contributed by atoms with Gasteiger partial charge in [0.25, 0.3) is 5.91 Å². The average Bonchev–Trinajstić information content (AvgIpc) is 3.14. The molecule has 0 N–H and O–H groups in total. The van der Waals surface area contributed by atoms with E-state index in [9.17, 15) is 18.0 Å². The van der Waals surface area contributed by atoms with Gasteiger partial charge in [-0.15, -0.1) is 0 Å². The zero-order chi connectivity index (χ0) is 19.4. The molecule has 0 radical (unpaired) electrons. The molecular weight excluding hydrogens is 359 g/mol. The van der Waals surface area contributed by atoms with Gasteiger partial charge in [-0.05, 0) is 37.1 Å². The van der Waals surface area contributed by atoms with Gasteiger partial charge in [-0.1, -0.05) is 0 Å². The minimum Gasteiger partial charge on any atom is -0.383 e. The molecule has 1 aromatic heterocycles. The zero-order valence-corrected chi connectivity index (χ0v) is 15.1. The van der Waals surface area contributed by atoms with Crippen LogP contribution in [0, 0.1) is 0 Å². The van der Waals surface area contributed by atoms with Crippen LogP contribution in [-0.4, -0.2) is 47.2 Å². The Kier molecular flexibility index (Phi) is 5.84. The van der Waals surface area contributed by atoms with E-state index in [0.29, 0.717) is 26.2 Å². The van der Waals surface area contributed by atoms with Crippen molar-refractivity contribution in [3.05, 3.63) is 53.6 Å². The predicted octanol–water partition coefficient (Wildman–Crippen LogP) is 3.57. The standard InChI is InChI=1S/C19H22F3N3O2/c1-27-12-11-24-10-8-23-17(24)15-3-2-9-25(13-15)18(26)14-4-6-16(7-5-14)19(20,21)22/h4-8,10,15H,2-3,9,11-13H2,1H3. The number of methoxy groups -OCH3 is 1. The Morgan fingerprint density at radius 1 is 1.30 bits per heavy atom. The SMILES string of the molecule is COCCn1ccnc1C1CCCN(C(=O)c2ccc(C(F)(F)F)cc2)C1. The lowest BCUT2D eigenvalue weighted by Gasteiger charge is -2.33. The molecule has 27 heavy (non-hydrogen) atoms. The summed E-state index contributed by atoms with van der Waals surface area (Å²) in [6, 6.07) is 4.39. The monoisotopic (exact) mass is 381 g/mol. The highest BCUT2D eigenvalue weighted by Gasteiger charge is 2.31. The van der Waals surface area contributed by atoms with Crippen molar-refractivity contribution >= 4 is 5.91 Å². The van der Waals surface area contributed by atoms with Gasteiger partial charge in [-0.3, -0.25) is 4.79 Å². The number of benzene rings is 1. The van der Waals surface area contributed by atoms with Gasteiger partial charge in [-0.25, -0.2) is 4.98 Å². The highest BCUT2D eigenvalue weighted by atomic mass is 19.4. The summed E-state index contributed by atoms with van der Waals surface area (Å²) in [5, 5.41) is 0. The zero-order valence-electron chi connectivity index (χ0n) is 15.1. The molecule has 0 spiro atoms. The summed E-state index contributed by atoms with van der Waals surface area (Å²) in [6.07, 6.45) is 0.971. The topological polar surface area (TPSA) is 47.4 Å². The van der Waals surface area contributed by atoms with Gasteiger partial charge in [0.2, 0.25) is 0 Å². The third-order valence-corrected chi connectivity index (χ3v) is 4.82. The summed E-state index contributed by atoms with van der Waals surface area (Å²) in [6.45, 7) is 2.36. The van der Waals surface area contributed by atoms with Crippen LogP contribution in [0.2, 0.25) is 0 Å². The number of carbonyl (C=O) groups excluding carboxylic acids is 1. The van der Waals surface area contributed by atoms with Gasteiger partial charge in [0, 0.05) is 50.6 Å². The average molecular weight is 381 g/mol. The second-order valence-electron chi connectivity index (χ2n) is 6.64. The lowest BCUT2D eigenvalue weighted by Crippen LogP contribution is -2.39. The Labute approximate surface area is 155 Å². The summed E-state index contributed by atoms with van der Waals surface area (Å²) in [4.78, 5) is 18.9. The van der Waals surface area contributed by atoms with Crippen molar-refractivity contribution in [3.63, 3.8) is 0 Å². The van der Waals surface area contributed by atoms with Crippen LogP contribution in [0.1, 0.15) is 40.5 Å². The number of amides is 1. The van der Waals surface area contributed by atoms with Crippen LogP contribution in [-0.2, 0) is 17.5 Å². The molecule has 1 fully saturated rings. The number of likely N-dealkylation sites (tertiary alicyclic amines) is 1. The first-order chi connectivity index (χ1) is 12.9. The summed E-state index contributed by atoms with van der Waals surface area (Å²) in [5.41, 5.74) is -0.484. The number of piperidine rings is 1. The van der Waals surface area contributed by atoms with E-state index in [1.807, 2.05) is 10.8 Å². The number of imidazole rings is 1. The molecule has 2 aromatic rings. The predicted molar refractivity (Wildman–Crippen MR) is 93.4 cm³/mol. The van der Waals surface area contributed by atoms with Gasteiger partial charge in [0.05, 0.1) is 12.2 Å². The van der Waals surface area contributed by atoms with Crippen LogP contribution in [0.5, 0.6) is 0 Å². The van der Waals surface area contributed by atoms with Gasteiger partial charge in [0.15, 0.2) is 0 Å². The van der Waals surface area contributed by atoms with Crippen LogP contribution >= 0.6 is 0 Å². The van der Waals surface area contributed by atoms with Gasteiger partial charge in [0.1, 0.15) is 5.82 Å². The Morgan fingerprint density at radius 2 is 2.04 bits per heavy atom. The van der Waals surface area contributed by atoms with Crippen molar-refractivity contribution in [1.82, 2.24) is 14.5 Å². The number of hydrogen-bond acceptors (Lipinski definition) is 3. The number of rotatable bonds is 5. The molecule has 1 aromatic carbocycles. The molecule has 1 unspecified atom stereocenters. The first-order valence-corrected chi connectivity index (χ1v) is 8.86. The molecule has 2 heterocycles. The first-order valence-electron chi connectivity index (χ1n) is 8.86. The Morgan fingerprint density at radius 3 is 2.70 bits per heavy atom. The van der Waals surface area contributed by atoms with Crippen LogP contribution in [0.25, 0.3) is 0 Å². The van der Waals surface area contributed by atoms with Crippen molar-refractivity contribution in [2.75, 3.05) is 26.8 Å². The molecule has 8 heteroatoms. The molecule has 0 aliphatic carbocycles. The molecule has 1 aliphatic heterocycles. The van der Waals surface area contributed by atoms with E-state index >= 15 is 0 Å². The van der Waals surface area contributed by atoms with Crippen molar-refractivity contribution in [2.45, 2.75) is 31.5 Å². The fourth-order valence-electron chi connectivity index (χ4n) is 3.42. The van der Waals surface area contributed by atoms with E-state index < -0.39 is 11.7 Å². The molecule has 1 aliphatic rings. The van der Waals surface area contributed by atoms with Gasteiger partial charge < -0.3 is 14.2 Å². The maximum atomic E-state index is 12.7. The summed E-state index contributed by atoms with van der Waals surface area (Å²) in [7, 11) is 1.64. The highest BCUT2D eigenvalue weighted by molar-refractivity contribution is 5.94. The third-order valence-electron chi connectivity index (χ3n) is 4.82. The quantitative estimate of drug-likeness (QED) is 0.796. The Hall–Kier alpha value is -2.35. The normalized spacial score (nSPS) is 17.9. The fourth-order valence-corrected chi connectivity index (χ4v) is 3.42. The molecule has 1 saturated heterocycles. The van der Waals surface area contributed by atoms with E-state index in [4.69, 9.17) is 4.74 Å². The lowest BCUT2D eigenvalue weighted by atomic mass is 9.96. The van der Waals surface area contributed by atoms with Crippen LogP contribution < -0.4 is 0 Å². The minimum atomic E-state index is -4.41. The van der Waals surface area contributed by atoms with Crippen molar-refractivity contribution in [2.24, 2.45) is 0 Å². The van der Waals surface area contributed by atoms with E-state index in [-0.39, 0.29) is 17.4 Å². The minimum absolute atomic E-state index is 0.101. The van der Waals surface area contributed by atoms with Crippen LogP contribution in [0.4, 0.5) is 13.2 Å². The van der Waals surface area contributed by atoms with Gasteiger partial charge >= 0.3 is 6.18 Å². The molecule has 0 saturated carbocycles. The molecule has 1 atom stereocenters. The first kappa shape index (κ1) is 19.4. The second-order valence-corrected chi connectivity index (χ2v) is 6.64. The molecule has 146 valence electrons. The number of halogens is 3. The highest BCUT2D eigenvalue weighted by Crippen LogP contribution is 2.30. The number of aromatic nitrogens is 2. The Balaban J connectivity index is 1.71. The number of hydrogen-bond donors (Lipinski definition) is 0. The molecule has 5 nitrogen and oxygen atoms in total. The third kappa shape index (κ3) is 4.50. The molecule has 1 amide bonds. The van der Waals surface area contributed by atoms with E-state index in [0.717, 1.165) is 30.8 Å². The fraction of sp³-hybridized carbons (Fsp3) is 0.474. The second kappa shape index (κ2) is 8.12. The summed E-state index contributed by atoms with van der Waals surface area (Å²) in [5.74, 6) is 0.768. The van der Waals surface area contributed by atoms with Crippen molar-refractivity contribution in [1.29, 1.82) is 0 Å². The number of nitrogens with zero attached hydrogens (tertiary/aromatic N) is 3. The smallest absolute Gasteiger partial charge is 0.383 e. The maximum absolute atomic E-state index is 12.7. The van der Waals surface area contributed by atoms with Gasteiger partial charge in [-0.2, -0.15) is 13.2 Å². The summed E-state index contributed by atoms with van der Waals surface area (Å²) < 4.78 is 45.2. The van der Waals surface area contributed by atoms with E-state index in [1.54, 1.807) is 18.2 Å². The molecule has 0 bridgehead atoms. The largest absolute Gasteiger partial charge is 0.416 e. The summed E-state index contributed by atoms with van der Waals surface area (Å²) >= 11 is 0. The lowest BCUT2D eigenvalue weighted by molar-refractivity contribution is -0.137. The van der Waals surface area contributed by atoms with E-state index in [2.05, 4.69) is 4.98 Å². The van der Waals surface area contributed by atoms with Crippen LogP contribution in [0.3, 0.4) is 0 Å². The number of alkyl halides is 3. The maximum Gasteiger partial charge on any atom is 0.416 e. The van der Waals surface area contributed by atoms with Crippen LogP contribution in [0.15, 0.2) is 36.7 Å². The number of ether oxygens (including phenoxy) is 1. The number of carbonyl (C=O) groups is 1. The molecular formula is C19H22F3N3O2. The van der Waals surface area contributed by atoms with E-state index in [1.165, 1.54) is 12.1 Å².